The van der Waals surface area contributed by atoms with Crippen LogP contribution in [0.5, 0.6) is 0 Å². The molecule has 158 valence electrons. The Hall–Kier alpha value is -2.63. The fraction of sp³-hybridized carbons (Fsp3) is 0.263. The van der Waals surface area contributed by atoms with Crippen LogP contribution in [0.15, 0.2) is 57.3 Å². The zero-order valence-corrected chi connectivity index (χ0v) is 17.1. The Bertz CT molecular complexity index is 1190. The lowest BCUT2D eigenvalue weighted by atomic mass is 10.1. The Morgan fingerprint density at radius 3 is 2.57 bits per heavy atom. The highest BCUT2D eigenvalue weighted by atomic mass is 32.2. The van der Waals surface area contributed by atoms with Gasteiger partial charge in [0.1, 0.15) is 15.4 Å². The molecule has 2 N–H and O–H groups in total. The number of carboxylic acid groups (broad SMARTS) is 1. The molecule has 2 aromatic heterocycles. The Kier molecular flexibility index (Phi) is 4.99. The zero-order chi connectivity index (χ0) is 21.7. The average Bonchev–Trinajstić information content (AvgIpc) is 3.14. The summed E-state index contributed by atoms with van der Waals surface area (Å²) in [6, 6.07) is 12.5. The lowest BCUT2D eigenvalue weighted by Gasteiger charge is -2.15. The van der Waals surface area contributed by atoms with Crippen LogP contribution < -0.4 is 4.72 Å². The largest absolute Gasteiger partial charge is 0.480 e. The third-order valence-electron chi connectivity index (χ3n) is 5.26. The molecule has 0 bridgehead atoms. The van der Waals surface area contributed by atoms with Crippen LogP contribution in [-0.2, 0) is 14.8 Å². The second-order valence-electron chi connectivity index (χ2n) is 6.99. The molecular weight excluding hydrogens is 438 g/mol. The van der Waals surface area contributed by atoms with Crippen molar-refractivity contribution in [3.63, 3.8) is 0 Å². The van der Waals surface area contributed by atoms with E-state index in [1.165, 1.54) is 12.1 Å². The van der Waals surface area contributed by atoms with Gasteiger partial charge in [0.25, 0.3) is 16.4 Å². The van der Waals surface area contributed by atoms with Crippen molar-refractivity contribution in [3.8, 4) is 10.6 Å². The van der Waals surface area contributed by atoms with Crippen molar-refractivity contribution < 1.29 is 31.6 Å². The van der Waals surface area contributed by atoms with Crippen LogP contribution in [-0.4, -0.2) is 30.2 Å². The number of thiophene rings is 1. The number of benzene rings is 1. The molecule has 0 spiro atoms. The van der Waals surface area contributed by atoms with Gasteiger partial charge in [-0.05, 0) is 23.6 Å². The van der Waals surface area contributed by atoms with Crippen molar-refractivity contribution in [1.82, 2.24) is 9.88 Å². The van der Waals surface area contributed by atoms with Crippen LogP contribution >= 0.6 is 11.3 Å². The predicted molar refractivity (Wildman–Crippen MR) is 104 cm³/mol. The molecule has 2 heterocycles. The fourth-order valence-corrected chi connectivity index (χ4v) is 6.39. The summed E-state index contributed by atoms with van der Waals surface area (Å²) in [7, 11) is -4.19. The van der Waals surface area contributed by atoms with Gasteiger partial charge >= 0.3 is 5.97 Å². The van der Waals surface area contributed by atoms with Crippen LogP contribution in [0.3, 0.4) is 0 Å². The summed E-state index contributed by atoms with van der Waals surface area (Å²) in [6.45, 7) is 1.68. The Morgan fingerprint density at radius 2 is 1.97 bits per heavy atom. The molecule has 0 saturated heterocycles. The highest BCUT2D eigenvalue weighted by molar-refractivity contribution is 7.91. The first kappa shape index (κ1) is 20.6. The SMILES string of the molecule is C[C@@H]1[C@H](c2ccccc2)[C@]1(NS(=O)(=O)c1ccc(-c2cc(C(F)F)no2)s1)C(=O)O. The van der Waals surface area contributed by atoms with E-state index < -0.39 is 45.5 Å². The Balaban J connectivity index is 1.62. The third kappa shape index (κ3) is 3.32. The van der Waals surface area contributed by atoms with E-state index >= 15 is 0 Å². The van der Waals surface area contributed by atoms with E-state index in [1.807, 2.05) is 0 Å². The number of aliphatic carboxylic acids is 1. The van der Waals surface area contributed by atoms with Crippen LogP contribution in [0.2, 0.25) is 0 Å². The molecule has 3 atom stereocenters. The molecule has 1 aromatic carbocycles. The van der Waals surface area contributed by atoms with Gasteiger partial charge < -0.3 is 9.63 Å². The maximum Gasteiger partial charge on any atom is 0.325 e. The van der Waals surface area contributed by atoms with Crippen molar-refractivity contribution in [2.45, 2.75) is 29.0 Å². The zero-order valence-electron chi connectivity index (χ0n) is 15.5. The predicted octanol–water partition coefficient (Wildman–Crippen LogP) is 3.88. The summed E-state index contributed by atoms with van der Waals surface area (Å²) in [5.41, 5.74) is -1.49. The van der Waals surface area contributed by atoms with Gasteiger partial charge in [-0.3, -0.25) is 4.79 Å². The summed E-state index contributed by atoms with van der Waals surface area (Å²) in [5.74, 6) is -2.24. The van der Waals surface area contributed by atoms with E-state index in [4.69, 9.17) is 4.52 Å². The normalized spacial score (nSPS) is 23.6. The van der Waals surface area contributed by atoms with Crippen molar-refractivity contribution >= 4 is 27.3 Å². The monoisotopic (exact) mass is 454 g/mol. The van der Waals surface area contributed by atoms with E-state index in [-0.39, 0.29) is 14.8 Å². The molecule has 3 aromatic rings. The standard InChI is InChI=1S/C19H16F2N2O5S2/c1-10-16(11-5-3-2-4-6-11)19(10,18(24)25)23-30(26,27)15-8-7-14(29-15)13-9-12(17(20)21)22-28-13/h2-10,16-17,23H,1H3,(H,24,25)/t10-,16-,19+/m1/s1. The van der Waals surface area contributed by atoms with Crippen LogP contribution in [0.4, 0.5) is 8.78 Å². The fourth-order valence-electron chi connectivity index (χ4n) is 3.68. The molecule has 1 saturated carbocycles. The van der Waals surface area contributed by atoms with Crippen molar-refractivity contribution in [1.29, 1.82) is 0 Å². The first-order valence-corrected chi connectivity index (χ1v) is 11.1. The summed E-state index contributed by atoms with van der Waals surface area (Å²) in [4.78, 5) is 12.3. The number of alkyl halides is 2. The smallest absolute Gasteiger partial charge is 0.325 e. The quantitative estimate of drug-likeness (QED) is 0.561. The van der Waals surface area contributed by atoms with Crippen molar-refractivity contribution in [2.75, 3.05) is 0 Å². The van der Waals surface area contributed by atoms with Gasteiger partial charge in [-0.15, -0.1) is 11.3 Å². The number of rotatable bonds is 7. The molecule has 1 fully saturated rings. The lowest BCUT2D eigenvalue weighted by molar-refractivity contribution is -0.140. The van der Waals surface area contributed by atoms with Crippen LogP contribution in [0, 0.1) is 5.92 Å². The topological polar surface area (TPSA) is 110 Å². The maximum atomic E-state index is 12.9. The number of nitrogens with one attached hydrogen (secondary N) is 1. The number of hydrogen-bond acceptors (Lipinski definition) is 6. The number of aromatic nitrogens is 1. The molecule has 1 aliphatic carbocycles. The van der Waals surface area contributed by atoms with Gasteiger partial charge in [0, 0.05) is 12.0 Å². The second-order valence-corrected chi connectivity index (χ2v) is 9.99. The molecule has 11 heteroatoms. The Morgan fingerprint density at radius 1 is 1.27 bits per heavy atom. The third-order valence-corrected chi connectivity index (χ3v) is 8.33. The van der Waals surface area contributed by atoms with E-state index in [0.29, 0.717) is 0 Å². The minimum Gasteiger partial charge on any atom is -0.480 e. The summed E-state index contributed by atoms with van der Waals surface area (Å²) >= 11 is 0.774. The second kappa shape index (κ2) is 7.25. The van der Waals surface area contributed by atoms with Gasteiger partial charge in [-0.1, -0.05) is 42.4 Å². The highest BCUT2D eigenvalue weighted by Gasteiger charge is 2.70. The number of carboxylic acids is 1. The summed E-state index contributed by atoms with van der Waals surface area (Å²) in [5, 5.41) is 13.1. The first-order chi connectivity index (χ1) is 14.2. The minimum atomic E-state index is -4.19. The van der Waals surface area contributed by atoms with E-state index in [9.17, 15) is 27.1 Å². The Labute approximate surface area is 174 Å². The van der Waals surface area contributed by atoms with Crippen LogP contribution in [0.25, 0.3) is 10.6 Å². The van der Waals surface area contributed by atoms with Gasteiger partial charge in [0.15, 0.2) is 5.76 Å². The first-order valence-electron chi connectivity index (χ1n) is 8.84. The van der Waals surface area contributed by atoms with Gasteiger partial charge in [-0.2, -0.15) is 4.72 Å². The maximum absolute atomic E-state index is 12.9. The lowest BCUT2D eigenvalue weighted by Crippen LogP contribution is -2.45. The minimum absolute atomic E-state index is 0.00616. The molecule has 0 radical (unpaired) electrons. The number of carbonyl (C=O) groups is 1. The molecule has 0 amide bonds. The molecule has 30 heavy (non-hydrogen) atoms. The van der Waals surface area contributed by atoms with E-state index in [1.54, 1.807) is 37.3 Å². The highest BCUT2D eigenvalue weighted by Crippen LogP contribution is 2.58. The number of nitrogens with zero attached hydrogens (tertiary/aromatic N) is 1. The number of hydrogen-bond donors (Lipinski definition) is 2. The average molecular weight is 454 g/mol. The molecular formula is C19H16F2N2O5S2. The molecule has 1 aliphatic rings. The van der Waals surface area contributed by atoms with E-state index in [0.717, 1.165) is 23.0 Å². The van der Waals surface area contributed by atoms with Gasteiger partial charge in [-0.25, -0.2) is 17.2 Å². The molecule has 0 aliphatic heterocycles. The summed E-state index contributed by atoms with van der Waals surface area (Å²) < 4.78 is 58.3. The number of halogens is 2. The number of sulfonamides is 1. The molecule has 7 nitrogen and oxygen atoms in total. The molecule has 0 unspecified atom stereocenters. The van der Waals surface area contributed by atoms with Crippen LogP contribution in [0.1, 0.15) is 30.5 Å². The van der Waals surface area contributed by atoms with Gasteiger partial charge in [0.2, 0.25) is 0 Å². The summed E-state index contributed by atoms with van der Waals surface area (Å²) in [6.07, 6.45) is -2.81. The van der Waals surface area contributed by atoms with E-state index in [2.05, 4.69) is 9.88 Å². The van der Waals surface area contributed by atoms with Crippen molar-refractivity contribution in [2.24, 2.45) is 5.92 Å². The molecule has 4 rings (SSSR count). The van der Waals surface area contributed by atoms with Crippen molar-refractivity contribution in [3.05, 3.63) is 59.8 Å². The van der Waals surface area contributed by atoms with Gasteiger partial charge in [0.05, 0.1) is 4.88 Å².